The Morgan fingerprint density at radius 1 is 1.23 bits per heavy atom. The second kappa shape index (κ2) is 7.21. The van der Waals surface area contributed by atoms with Crippen LogP contribution in [0.25, 0.3) is 0 Å². The van der Waals surface area contributed by atoms with Crippen LogP contribution in [-0.2, 0) is 20.9 Å². The van der Waals surface area contributed by atoms with E-state index in [1.165, 1.54) is 0 Å². The summed E-state index contributed by atoms with van der Waals surface area (Å²) in [4.78, 5) is 35.4. The van der Waals surface area contributed by atoms with Crippen LogP contribution in [0.5, 0.6) is 0 Å². The molecule has 134 valence electrons. The molecule has 26 heavy (non-hydrogen) atoms. The van der Waals surface area contributed by atoms with Gasteiger partial charge in [-0.3, -0.25) is 19.6 Å². The summed E-state index contributed by atoms with van der Waals surface area (Å²) in [6.45, 7) is 0.242. The molecule has 1 saturated heterocycles. The zero-order chi connectivity index (χ0) is 17.9. The van der Waals surface area contributed by atoms with Crippen LogP contribution in [-0.4, -0.2) is 45.4 Å². The molecule has 2 atom stereocenters. The first kappa shape index (κ1) is 16.7. The highest BCUT2D eigenvalue weighted by Gasteiger charge is 2.47. The predicted molar refractivity (Wildman–Crippen MR) is 92.7 cm³/mol. The monoisotopic (exact) mass is 352 g/mol. The molecule has 7 heteroatoms. The summed E-state index contributed by atoms with van der Waals surface area (Å²) in [7, 11) is 0. The van der Waals surface area contributed by atoms with E-state index in [0.717, 1.165) is 24.1 Å². The molecule has 0 aromatic carbocycles. The Morgan fingerprint density at radius 2 is 2.12 bits per heavy atom. The average Bonchev–Trinajstić information content (AvgIpc) is 3.52. The second-order valence-corrected chi connectivity index (χ2v) is 6.53. The van der Waals surface area contributed by atoms with Crippen LogP contribution in [0.15, 0.2) is 48.9 Å². The molecule has 2 aromatic rings. The average molecular weight is 352 g/mol. The number of hydrogen-bond donors (Lipinski definition) is 1. The van der Waals surface area contributed by atoms with Crippen molar-refractivity contribution in [2.75, 3.05) is 6.61 Å². The molecule has 1 aliphatic heterocycles. The molecule has 2 aliphatic rings. The number of aromatic nitrogens is 2. The molecule has 0 radical (unpaired) electrons. The summed E-state index contributed by atoms with van der Waals surface area (Å²) in [6, 6.07) is 8.96. The number of carbonyl (C=O) groups excluding carboxylic acids is 2. The van der Waals surface area contributed by atoms with E-state index in [1.807, 2.05) is 35.2 Å². The first-order valence-corrected chi connectivity index (χ1v) is 8.74. The summed E-state index contributed by atoms with van der Waals surface area (Å²) in [5.41, 5.74) is 1.58. The Hall–Kier alpha value is -2.80. The van der Waals surface area contributed by atoms with Gasteiger partial charge in [0, 0.05) is 24.6 Å². The molecular weight excluding hydrogens is 332 g/mol. The lowest BCUT2D eigenvalue weighted by atomic mass is 9.98. The van der Waals surface area contributed by atoms with Gasteiger partial charge in [-0.25, -0.2) is 0 Å². The number of morpholine rings is 1. The molecule has 1 aliphatic carbocycles. The van der Waals surface area contributed by atoms with Gasteiger partial charge in [-0.2, -0.15) is 0 Å². The van der Waals surface area contributed by atoms with Crippen molar-refractivity contribution in [2.45, 2.75) is 37.6 Å². The molecule has 7 nitrogen and oxygen atoms in total. The number of carbonyl (C=O) groups is 2. The van der Waals surface area contributed by atoms with E-state index in [0.29, 0.717) is 6.54 Å². The molecule has 3 heterocycles. The minimum Gasteiger partial charge on any atom is -0.356 e. The van der Waals surface area contributed by atoms with Gasteiger partial charge in [0.2, 0.25) is 5.91 Å². The molecule has 1 saturated carbocycles. The SMILES string of the molecule is O=C(NCc1ccccn1)C1OCC(=O)N(C2CC2)C1c1cccnc1. The van der Waals surface area contributed by atoms with Crippen LogP contribution < -0.4 is 5.32 Å². The van der Waals surface area contributed by atoms with Gasteiger partial charge in [0.15, 0.2) is 6.10 Å². The predicted octanol–water partition coefficient (Wildman–Crippen LogP) is 1.22. The Balaban J connectivity index is 1.56. The molecule has 0 bridgehead atoms. The van der Waals surface area contributed by atoms with Gasteiger partial charge in [-0.05, 0) is 36.6 Å². The highest BCUT2D eigenvalue weighted by molar-refractivity contribution is 5.86. The quantitative estimate of drug-likeness (QED) is 0.875. The van der Waals surface area contributed by atoms with Gasteiger partial charge in [-0.15, -0.1) is 0 Å². The van der Waals surface area contributed by atoms with E-state index in [1.54, 1.807) is 18.6 Å². The third kappa shape index (κ3) is 3.43. The van der Waals surface area contributed by atoms with Crippen LogP contribution in [0, 0.1) is 0 Å². The number of nitrogens with zero attached hydrogens (tertiary/aromatic N) is 3. The van der Waals surface area contributed by atoms with Crippen molar-refractivity contribution in [3.63, 3.8) is 0 Å². The molecule has 2 unspecified atom stereocenters. The van der Waals surface area contributed by atoms with Gasteiger partial charge < -0.3 is 15.0 Å². The van der Waals surface area contributed by atoms with E-state index >= 15 is 0 Å². The normalized spacial score (nSPS) is 22.9. The van der Waals surface area contributed by atoms with Crippen LogP contribution >= 0.6 is 0 Å². The molecular formula is C19H20N4O3. The fourth-order valence-electron chi connectivity index (χ4n) is 3.30. The number of ether oxygens (including phenoxy) is 1. The van der Waals surface area contributed by atoms with Crippen molar-refractivity contribution in [2.24, 2.45) is 0 Å². The summed E-state index contributed by atoms with van der Waals surface area (Å²) in [5.74, 6) is -0.321. The highest BCUT2D eigenvalue weighted by atomic mass is 16.5. The lowest BCUT2D eigenvalue weighted by molar-refractivity contribution is -0.165. The second-order valence-electron chi connectivity index (χ2n) is 6.53. The maximum Gasteiger partial charge on any atom is 0.252 e. The third-order valence-corrected chi connectivity index (χ3v) is 4.66. The number of amides is 2. The highest BCUT2D eigenvalue weighted by Crippen LogP contribution is 2.39. The van der Waals surface area contributed by atoms with Crippen LogP contribution in [0.4, 0.5) is 0 Å². The summed E-state index contributed by atoms with van der Waals surface area (Å²) < 4.78 is 5.66. The fraction of sp³-hybridized carbons (Fsp3) is 0.368. The number of nitrogens with one attached hydrogen (secondary N) is 1. The molecule has 0 spiro atoms. The molecule has 2 amide bonds. The maximum atomic E-state index is 12.8. The van der Waals surface area contributed by atoms with Crippen molar-refractivity contribution in [3.05, 3.63) is 60.2 Å². The zero-order valence-electron chi connectivity index (χ0n) is 14.2. The van der Waals surface area contributed by atoms with Gasteiger partial charge in [0.1, 0.15) is 6.61 Å². The van der Waals surface area contributed by atoms with Crippen LogP contribution in [0.1, 0.15) is 30.1 Å². The summed E-state index contributed by atoms with van der Waals surface area (Å²) in [6.07, 6.45) is 6.22. The van der Waals surface area contributed by atoms with E-state index in [-0.39, 0.29) is 24.5 Å². The van der Waals surface area contributed by atoms with Crippen molar-refractivity contribution in [3.8, 4) is 0 Å². The molecule has 1 N–H and O–H groups in total. The van der Waals surface area contributed by atoms with E-state index in [9.17, 15) is 9.59 Å². The number of hydrogen-bond acceptors (Lipinski definition) is 5. The maximum absolute atomic E-state index is 12.8. The van der Waals surface area contributed by atoms with Crippen molar-refractivity contribution < 1.29 is 14.3 Å². The summed E-state index contributed by atoms with van der Waals surface area (Å²) >= 11 is 0. The lowest BCUT2D eigenvalue weighted by Gasteiger charge is -2.40. The smallest absolute Gasteiger partial charge is 0.252 e. The Bertz CT molecular complexity index is 780. The molecule has 2 fully saturated rings. The van der Waals surface area contributed by atoms with E-state index < -0.39 is 12.1 Å². The standard InChI is InChI=1S/C19H20N4O3/c24-16-12-26-18(19(25)22-11-14-5-1-2-9-21-14)17(23(16)15-6-7-15)13-4-3-8-20-10-13/h1-5,8-10,15,17-18H,6-7,11-12H2,(H,22,25). The first-order valence-electron chi connectivity index (χ1n) is 8.74. The van der Waals surface area contributed by atoms with Crippen LogP contribution in [0.2, 0.25) is 0 Å². The lowest BCUT2D eigenvalue weighted by Crippen LogP contribution is -2.55. The van der Waals surface area contributed by atoms with Gasteiger partial charge >= 0.3 is 0 Å². The number of rotatable bonds is 5. The van der Waals surface area contributed by atoms with Gasteiger partial charge in [0.05, 0.1) is 18.3 Å². The third-order valence-electron chi connectivity index (χ3n) is 4.66. The van der Waals surface area contributed by atoms with E-state index in [2.05, 4.69) is 15.3 Å². The molecule has 2 aromatic heterocycles. The van der Waals surface area contributed by atoms with E-state index in [4.69, 9.17) is 4.74 Å². The first-order chi connectivity index (χ1) is 12.7. The largest absolute Gasteiger partial charge is 0.356 e. The minimum absolute atomic E-state index is 0.0740. The van der Waals surface area contributed by atoms with Crippen molar-refractivity contribution in [1.82, 2.24) is 20.2 Å². The fourth-order valence-corrected chi connectivity index (χ4v) is 3.30. The minimum atomic E-state index is -0.763. The Labute approximate surface area is 151 Å². The van der Waals surface area contributed by atoms with Crippen LogP contribution in [0.3, 0.4) is 0 Å². The Morgan fingerprint density at radius 3 is 2.81 bits per heavy atom. The zero-order valence-corrected chi connectivity index (χ0v) is 14.2. The van der Waals surface area contributed by atoms with Crippen molar-refractivity contribution >= 4 is 11.8 Å². The van der Waals surface area contributed by atoms with Crippen molar-refractivity contribution in [1.29, 1.82) is 0 Å². The number of pyridine rings is 2. The topological polar surface area (TPSA) is 84.4 Å². The Kier molecular flexibility index (Phi) is 4.62. The summed E-state index contributed by atoms with van der Waals surface area (Å²) in [5, 5.41) is 2.88. The van der Waals surface area contributed by atoms with Gasteiger partial charge in [0.25, 0.3) is 5.91 Å². The molecule has 4 rings (SSSR count). The van der Waals surface area contributed by atoms with Gasteiger partial charge in [-0.1, -0.05) is 12.1 Å².